The number of rotatable bonds is 4. The Balaban J connectivity index is 1.24. The number of nitrogens with zero attached hydrogens (tertiary/aromatic N) is 6. The zero-order chi connectivity index (χ0) is 21.8. The maximum atomic E-state index is 13.1. The van der Waals surface area contributed by atoms with Crippen LogP contribution >= 0.6 is 0 Å². The second-order valence-electron chi connectivity index (χ2n) is 9.68. The molecule has 8 nitrogen and oxygen atoms in total. The van der Waals surface area contributed by atoms with Gasteiger partial charge in [0.1, 0.15) is 0 Å². The molecule has 4 rings (SSSR count). The molecule has 8 heteroatoms. The monoisotopic (exact) mass is 428 g/mol. The predicted octanol–water partition coefficient (Wildman–Crippen LogP) is 1.34. The van der Waals surface area contributed by atoms with Gasteiger partial charge in [-0.15, -0.1) is 0 Å². The van der Waals surface area contributed by atoms with Crippen molar-refractivity contribution < 1.29 is 9.59 Å². The molecule has 2 amide bonds. The lowest BCUT2D eigenvalue weighted by molar-refractivity contribution is -0.139. The molecule has 0 saturated carbocycles. The van der Waals surface area contributed by atoms with E-state index in [-0.39, 0.29) is 17.7 Å². The van der Waals surface area contributed by atoms with Crippen molar-refractivity contribution in [3.8, 4) is 0 Å². The highest BCUT2D eigenvalue weighted by Crippen LogP contribution is 2.23. The minimum Gasteiger partial charge on any atom is -0.341 e. The fraction of sp³-hybridized carbons (Fsp3) is 0.739. The molecule has 0 unspecified atom stereocenters. The molecule has 0 N–H and O–H groups in total. The van der Waals surface area contributed by atoms with Gasteiger partial charge in [0.05, 0.1) is 12.5 Å². The zero-order valence-electron chi connectivity index (χ0n) is 18.9. The summed E-state index contributed by atoms with van der Waals surface area (Å²) < 4.78 is 0. The summed E-state index contributed by atoms with van der Waals surface area (Å²) in [7, 11) is 0. The number of carbonyl (C=O) groups excluding carboxylic acids is 2. The average molecular weight is 429 g/mol. The number of aromatic nitrogens is 2. The molecule has 0 bridgehead atoms. The van der Waals surface area contributed by atoms with E-state index < -0.39 is 0 Å². The first kappa shape index (κ1) is 22.0. The second kappa shape index (κ2) is 9.94. The first-order valence-corrected chi connectivity index (χ1v) is 11.8. The van der Waals surface area contributed by atoms with Gasteiger partial charge in [-0.05, 0) is 37.2 Å². The fourth-order valence-electron chi connectivity index (χ4n) is 5.36. The molecule has 170 valence electrons. The van der Waals surface area contributed by atoms with Crippen LogP contribution in [0, 0.1) is 17.8 Å². The van der Waals surface area contributed by atoms with Crippen LogP contribution in [-0.2, 0) is 9.59 Å². The maximum absolute atomic E-state index is 13.1. The second-order valence-corrected chi connectivity index (χ2v) is 9.68. The van der Waals surface area contributed by atoms with Crippen molar-refractivity contribution in [1.29, 1.82) is 0 Å². The molecule has 3 atom stereocenters. The Morgan fingerprint density at radius 1 is 0.935 bits per heavy atom. The van der Waals surface area contributed by atoms with Crippen LogP contribution in [-0.4, -0.2) is 95.4 Å². The molecule has 3 aliphatic rings. The Labute approximate surface area is 185 Å². The van der Waals surface area contributed by atoms with Crippen LogP contribution in [0.1, 0.15) is 33.1 Å². The SMILES string of the molecule is C[C@@H]1C[C@H](C)CN(C(=O)CN2CCN(C(=O)[C@@H]3CCCN(c4ncccn4)C3)CC2)C1. The standard InChI is InChI=1S/C23H36N6O2/c1-18-13-19(2)15-29(14-18)21(30)17-26-9-11-27(12-10-26)22(31)20-5-3-8-28(16-20)23-24-6-4-7-25-23/h4,6-7,18-20H,3,5,8-17H2,1-2H3/t18-,19+,20-/m1/s1. The number of hydrogen-bond acceptors (Lipinski definition) is 6. The van der Waals surface area contributed by atoms with Crippen LogP contribution < -0.4 is 4.90 Å². The molecule has 0 spiro atoms. The van der Waals surface area contributed by atoms with E-state index in [1.54, 1.807) is 12.4 Å². The number of piperidine rings is 2. The fourth-order valence-corrected chi connectivity index (χ4v) is 5.36. The van der Waals surface area contributed by atoms with E-state index in [9.17, 15) is 9.59 Å². The Bertz CT molecular complexity index is 742. The third-order valence-electron chi connectivity index (χ3n) is 6.87. The van der Waals surface area contributed by atoms with Crippen LogP contribution in [0.3, 0.4) is 0 Å². The van der Waals surface area contributed by atoms with Crippen molar-refractivity contribution in [1.82, 2.24) is 24.7 Å². The van der Waals surface area contributed by atoms with E-state index in [2.05, 4.69) is 33.6 Å². The van der Waals surface area contributed by atoms with Gasteiger partial charge in [-0.2, -0.15) is 0 Å². The average Bonchev–Trinajstić information content (AvgIpc) is 2.79. The third kappa shape index (κ3) is 5.53. The molecule has 31 heavy (non-hydrogen) atoms. The van der Waals surface area contributed by atoms with Crippen molar-refractivity contribution >= 4 is 17.8 Å². The Kier molecular flexibility index (Phi) is 7.05. The highest BCUT2D eigenvalue weighted by atomic mass is 16.2. The number of piperazine rings is 1. The van der Waals surface area contributed by atoms with Crippen LogP contribution in [0.4, 0.5) is 5.95 Å². The minimum atomic E-state index is 0.00191. The quantitative estimate of drug-likeness (QED) is 0.721. The molecular weight excluding hydrogens is 392 g/mol. The van der Waals surface area contributed by atoms with Gasteiger partial charge >= 0.3 is 0 Å². The molecule has 0 aromatic carbocycles. The number of hydrogen-bond donors (Lipinski definition) is 0. The Hall–Kier alpha value is -2.22. The lowest BCUT2D eigenvalue weighted by atomic mass is 9.92. The van der Waals surface area contributed by atoms with Crippen LogP contribution in [0.25, 0.3) is 0 Å². The van der Waals surface area contributed by atoms with E-state index in [0.29, 0.717) is 44.0 Å². The van der Waals surface area contributed by atoms with Gasteiger partial charge in [0, 0.05) is 64.8 Å². The van der Waals surface area contributed by atoms with Gasteiger partial charge < -0.3 is 14.7 Å². The maximum Gasteiger partial charge on any atom is 0.236 e. The zero-order valence-corrected chi connectivity index (χ0v) is 18.9. The molecule has 1 aromatic rings. The smallest absolute Gasteiger partial charge is 0.236 e. The predicted molar refractivity (Wildman–Crippen MR) is 120 cm³/mol. The number of carbonyl (C=O) groups is 2. The number of anilines is 1. The third-order valence-corrected chi connectivity index (χ3v) is 6.87. The van der Waals surface area contributed by atoms with E-state index in [1.165, 1.54) is 6.42 Å². The molecule has 0 radical (unpaired) electrons. The van der Waals surface area contributed by atoms with Crippen molar-refractivity contribution in [2.45, 2.75) is 33.1 Å². The highest BCUT2D eigenvalue weighted by molar-refractivity contribution is 5.80. The summed E-state index contributed by atoms with van der Waals surface area (Å²) in [6, 6.07) is 1.81. The van der Waals surface area contributed by atoms with E-state index in [0.717, 1.165) is 45.6 Å². The molecule has 4 heterocycles. The normalized spacial score (nSPS) is 27.9. The highest BCUT2D eigenvalue weighted by Gasteiger charge is 2.33. The van der Waals surface area contributed by atoms with Gasteiger partial charge in [0.15, 0.2) is 0 Å². The van der Waals surface area contributed by atoms with Gasteiger partial charge in [-0.3, -0.25) is 14.5 Å². The van der Waals surface area contributed by atoms with Crippen molar-refractivity contribution in [2.24, 2.45) is 17.8 Å². The summed E-state index contributed by atoms with van der Waals surface area (Å²) in [6.07, 6.45) is 6.61. The summed E-state index contributed by atoms with van der Waals surface area (Å²) >= 11 is 0. The molecule has 3 fully saturated rings. The van der Waals surface area contributed by atoms with Gasteiger partial charge in [0.25, 0.3) is 0 Å². The lowest BCUT2D eigenvalue weighted by Crippen LogP contribution is -2.55. The van der Waals surface area contributed by atoms with Gasteiger partial charge in [-0.25, -0.2) is 9.97 Å². The topological polar surface area (TPSA) is 72.9 Å². The van der Waals surface area contributed by atoms with Gasteiger partial charge in [0.2, 0.25) is 17.8 Å². The van der Waals surface area contributed by atoms with E-state index in [4.69, 9.17) is 0 Å². The van der Waals surface area contributed by atoms with Crippen molar-refractivity contribution in [3.63, 3.8) is 0 Å². The van der Waals surface area contributed by atoms with E-state index >= 15 is 0 Å². The summed E-state index contributed by atoms with van der Waals surface area (Å²) in [6.45, 7) is 11.2. The molecule has 0 aliphatic carbocycles. The van der Waals surface area contributed by atoms with Crippen LogP contribution in [0.15, 0.2) is 18.5 Å². The van der Waals surface area contributed by atoms with Crippen molar-refractivity contribution in [3.05, 3.63) is 18.5 Å². The molecule has 3 aliphatic heterocycles. The Morgan fingerprint density at radius 3 is 2.29 bits per heavy atom. The first-order valence-electron chi connectivity index (χ1n) is 11.8. The summed E-state index contributed by atoms with van der Waals surface area (Å²) in [4.78, 5) is 43.0. The molecular formula is C23H36N6O2. The summed E-state index contributed by atoms with van der Waals surface area (Å²) in [5.41, 5.74) is 0. The molecule has 1 aromatic heterocycles. The minimum absolute atomic E-state index is 0.00191. The van der Waals surface area contributed by atoms with Crippen LogP contribution in [0.5, 0.6) is 0 Å². The Morgan fingerprint density at radius 2 is 1.61 bits per heavy atom. The van der Waals surface area contributed by atoms with Crippen LogP contribution in [0.2, 0.25) is 0 Å². The number of amides is 2. The van der Waals surface area contributed by atoms with Gasteiger partial charge in [-0.1, -0.05) is 13.8 Å². The van der Waals surface area contributed by atoms with E-state index in [1.807, 2.05) is 15.9 Å². The van der Waals surface area contributed by atoms with Crippen molar-refractivity contribution in [2.75, 3.05) is 63.8 Å². The first-order chi connectivity index (χ1) is 15.0. The largest absolute Gasteiger partial charge is 0.341 e. The summed E-state index contributed by atoms with van der Waals surface area (Å²) in [5, 5.41) is 0. The number of likely N-dealkylation sites (tertiary alicyclic amines) is 1. The molecule has 3 saturated heterocycles. The summed E-state index contributed by atoms with van der Waals surface area (Å²) in [5.74, 6) is 2.36. The lowest BCUT2D eigenvalue weighted by Gasteiger charge is -2.40.